The second-order valence-corrected chi connectivity index (χ2v) is 6.17. The number of piperidine rings is 1. The van der Waals surface area contributed by atoms with E-state index in [9.17, 15) is 9.59 Å². The molecule has 0 aromatic heterocycles. The van der Waals surface area contributed by atoms with E-state index >= 15 is 0 Å². The molecule has 1 aliphatic heterocycles. The predicted octanol–water partition coefficient (Wildman–Crippen LogP) is 2.89. The lowest BCUT2D eigenvalue weighted by atomic mass is 9.97. The number of nitrogens with two attached hydrogens (primary N) is 1. The largest absolute Gasteiger partial charge is 0.481 e. The fourth-order valence-electron chi connectivity index (χ4n) is 2.70. The molecular weight excluding hydrogens is 336 g/mol. The number of nitrogens with zero attached hydrogens (tertiary/aromatic N) is 1. The Labute approximate surface area is 132 Å². The number of carboxylic acid groups (broad SMARTS) is 1. The van der Waals surface area contributed by atoms with Gasteiger partial charge >= 0.3 is 5.97 Å². The molecule has 1 atom stereocenters. The highest BCUT2D eigenvalue weighted by Crippen LogP contribution is 2.25. The molecule has 0 saturated carbocycles. The Morgan fingerprint density at radius 3 is 2.81 bits per heavy atom. The minimum Gasteiger partial charge on any atom is -0.481 e. The van der Waals surface area contributed by atoms with E-state index in [2.05, 4.69) is 15.9 Å². The van der Waals surface area contributed by atoms with E-state index in [0.717, 1.165) is 23.7 Å². The van der Waals surface area contributed by atoms with Crippen LogP contribution in [0.4, 0.5) is 5.69 Å². The van der Waals surface area contributed by atoms with E-state index in [4.69, 9.17) is 10.8 Å². The number of rotatable bonds is 4. The first kappa shape index (κ1) is 15.8. The molecule has 1 saturated heterocycles. The minimum atomic E-state index is -0.819. The number of anilines is 1. The van der Waals surface area contributed by atoms with Crippen LogP contribution in [-0.4, -0.2) is 34.5 Å². The third-order valence-electron chi connectivity index (χ3n) is 3.82. The third-order valence-corrected chi connectivity index (χ3v) is 4.54. The van der Waals surface area contributed by atoms with Crippen molar-refractivity contribution < 1.29 is 14.7 Å². The topological polar surface area (TPSA) is 83.6 Å². The first-order valence-electron chi connectivity index (χ1n) is 7.07. The number of carbonyl (C=O) groups is 2. The van der Waals surface area contributed by atoms with Crippen molar-refractivity contribution in [3.05, 3.63) is 28.2 Å². The molecule has 0 aliphatic carbocycles. The molecule has 0 spiro atoms. The first-order chi connectivity index (χ1) is 9.99. The molecule has 3 N–H and O–H groups in total. The van der Waals surface area contributed by atoms with Gasteiger partial charge in [0.1, 0.15) is 0 Å². The summed E-state index contributed by atoms with van der Waals surface area (Å²) in [5, 5.41) is 8.83. The van der Waals surface area contributed by atoms with Crippen LogP contribution in [-0.2, 0) is 4.79 Å². The van der Waals surface area contributed by atoms with E-state index in [1.165, 1.54) is 0 Å². The van der Waals surface area contributed by atoms with Crippen LogP contribution in [0.15, 0.2) is 22.7 Å². The minimum absolute atomic E-state index is 0.00669. The predicted molar refractivity (Wildman–Crippen MR) is 84.1 cm³/mol. The van der Waals surface area contributed by atoms with Crippen LogP contribution in [0.1, 0.15) is 42.5 Å². The normalized spacial score (nSPS) is 18.5. The average Bonchev–Trinajstić information content (AvgIpc) is 2.47. The summed E-state index contributed by atoms with van der Waals surface area (Å²) in [6.45, 7) is 0.680. The molecule has 1 aromatic rings. The lowest BCUT2D eigenvalue weighted by Crippen LogP contribution is -2.44. The summed E-state index contributed by atoms with van der Waals surface area (Å²) in [5.41, 5.74) is 6.91. The number of carboxylic acids is 1. The number of amides is 1. The molecule has 1 amide bonds. The number of nitrogen functional groups attached to an aromatic ring is 1. The first-order valence-corrected chi connectivity index (χ1v) is 7.86. The second-order valence-electron chi connectivity index (χ2n) is 5.32. The van der Waals surface area contributed by atoms with Gasteiger partial charge in [0, 0.05) is 34.7 Å². The SMILES string of the molecule is Nc1cc(C(=O)N2CCCCC2CCC(=O)O)ccc1Br. The van der Waals surface area contributed by atoms with Gasteiger partial charge in [0.05, 0.1) is 0 Å². The number of likely N-dealkylation sites (tertiary alicyclic amines) is 1. The number of aliphatic carboxylic acids is 1. The summed E-state index contributed by atoms with van der Waals surface area (Å²) >= 11 is 3.31. The zero-order valence-electron chi connectivity index (χ0n) is 11.7. The number of carbonyl (C=O) groups excluding carboxylic acids is 1. The number of hydrogen-bond donors (Lipinski definition) is 2. The summed E-state index contributed by atoms with van der Waals surface area (Å²) in [5.74, 6) is -0.884. The molecule has 1 aliphatic rings. The fraction of sp³-hybridized carbons (Fsp3) is 0.467. The van der Waals surface area contributed by atoms with E-state index < -0.39 is 5.97 Å². The van der Waals surface area contributed by atoms with Crippen molar-refractivity contribution in [2.24, 2.45) is 0 Å². The van der Waals surface area contributed by atoms with Crippen LogP contribution in [0, 0.1) is 0 Å². The summed E-state index contributed by atoms with van der Waals surface area (Å²) in [6, 6.07) is 5.17. The van der Waals surface area contributed by atoms with Crippen molar-refractivity contribution in [3.63, 3.8) is 0 Å². The second kappa shape index (κ2) is 6.93. The van der Waals surface area contributed by atoms with Crippen LogP contribution in [0.5, 0.6) is 0 Å². The molecule has 1 aromatic carbocycles. The Morgan fingerprint density at radius 1 is 1.38 bits per heavy atom. The van der Waals surface area contributed by atoms with Gasteiger partial charge in [-0.05, 0) is 59.8 Å². The quantitative estimate of drug-likeness (QED) is 0.814. The highest BCUT2D eigenvalue weighted by atomic mass is 79.9. The van der Waals surface area contributed by atoms with Crippen molar-refractivity contribution in [1.29, 1.82) is 0 Å². The Morgan fingerprint density at radius 2 is 2.14 bits per heavy atom. The molecule has 1 unspecified atom stereocenters. The zero-order valence-corrected chi connectivity index (χ0v) is 13.3. The van der Waals surface area contributed by atoms with Gasteiger partial charge in [-0.25, -0.2) is 0 Å². The van der Waals surface area contributed by atoms with Crippen molar-refractivity contribution in [1.82, 2.24) is 4.90 Å². The summed E-state index contributed by atoms with van der Waals surface area (Å²) in [7, 11) is 0. The molecule has 2 rings (SSSR count). The van der Waals surface area contributed by atoms with Crippen LogP contribution >= 0.6 is 15.9 Å². The van der Waals surface area contributed by atoms with Gasteiger partial charge in [0.2, 0.25) is 0 Å². The standard InChI is InChI=1S/C15H19BrN2O3/c16-12-6-4-10(9-13(12)17)15(21)18-8-2-1-3-11(18)5-7-14(19)20/h4,6,9,11H,1-3,5,7-8,17H2,(H,19,20). The lowest BCUT2D eigenvalue weighted by Gasteiger charge is -2.35. The van der Waals surface area contributed by atoms with Gasteiger partial charge in [-0.1, -0.05) is 0 Å². The maximum atomic E-state index is 12.6. The molecule has 114 valence electrons. The Bertz CT molecular complexity index is 548. The average molecular weight is 355 g/mol. The fourth-order valence-corrected chi connectivity index (χ4v) is 2.95. The summed E-state index contributed by atoms with van der Waals surface area (Å²) in [6.07, 6.45) is 3.47. The van der Waals surface area contributed by atoms with E-state index in [-0.39, 0.29) is 18.4 Å². The maximum Gasteiger partial charge on any atom is 0.303 e. The van der Waals surface area contributed by atoms with Crippen molar-refractivity contribution in [3.8, 4) is 0 Å². The van der Waals surface area contributed by atoms with Crippen LogP contribution < -0.4 is 5.73 Å². The monoisotopic (exact) mass is 354 g/mol. The molecule has 6 heteroatoms. The highest BCUT2D eigenvalue weighted by Gasteiger charge is 2.27. The van der Waals surface area contributed by atoms with Crippen LogP contribution in [0.3, 0.4) is 0 Å². The van der Waals surface area contributed by atoms with Gasteiger partial charge in [-0.2, -0.15) is 0 Å². The van der Waals surface area contributed by atoms with Crippen molar-refractivity contribution >= 4 is 33.5 Å². The van der Waals surface area contributed by atoms with Gasteiger partial charge in [0.15, 0.2) is 0 Å². The molecule has 1 fully saturated rings. The van der Waals surface area contributed by atoms with E-state index in [0.29, 0.717) is 24.2 Å². The van der Waals surface area contributed by atoms with Crippen LogP contribution in [0.2, 0.25) is 0 Å². The van der Waals surface area contributed by atoms with Gasteiger partial charge < -0.3 is 15.7 Å². The van der Waals surface area contributed by atoms with Crippen LogP contribution in [0.25, 0.3) is 0 Å². The molecule has 0 radical (unpaired) electrons. The van der Waals surface area contributed by atoms with Gasteiger partial charge in [-0.15, -0.1) is 0 Å². The summed E-state index contributed by atoms with van der Waals surface area (Å²) < 4.78 is 0.764. The van der Waals surface area contributed by atoms with E-state index in [1.807, 2.05) is 0 Å². The lowest BCUT2D eigenvalue weighted by molar-refractivity contribution is -0.137. The molecule has 5 nitrogen and oxygen atoms in total. The number of hydrogen-bond acceptors (Lipinski definition) is 3. The van der Waals surface area contributed by atoms with Gasteiger partial charge in [-0.3, -0.25) is 9.59 Å². The van der Waals surface area contributed by atoms with Gasteiger partial charge in [0.25, 0.3) is 5.91 Å². The smallest absolute Gasteiger partial charge is 0.303 e. The number of benzene rings is 1. The molecule has 0 bridgehead atoms. The highest BCUT2D eigenvalue weighted by molar-refractivity contribution is 9.10. The third kappa shape index (κ3) is 3.97. The zero-order chi connectivity index (χ0) is 15.4. The molecule has 21 heavy (non-hydrogen) atoms. The Kier molecular flexibility index (Phi) is 5.22. The Hall–Kier alpha value is -1.56. The van der Waals surface area contributed by atoms with Crippen molar-refractivity contribution in [2.45, 2.75) is 38.1 Å². The molecular formula is C15H19BrN2O3. The summed E-state index contributed by atoms with van der Waals surface area (Å²) in [4.78, 5) is 25.2. The number of halogens is 1. The Balaban J connectivity index is 2.13. The van der Waals surface area contributed by atoms with Crippen molar-refractivity contribution in [2.75, 3.05) is 12.3 Å². The maximum absolute atomic E-state index is 12.6. The van der Waals surface area contributed by atoms with E-state index in [1.54, 1.807) is 23.1 Å². The molecule has 1 heterocycles.